The van der Waals surface area contributed by atoms with E-state index in [1.165, 1.54) is 53.2 Å². The van der Waals surface area contributed by atoms with Gasteiger partial charge in [-0.3, -0.25) is 4.79 Å². The zero-order chi connectivity index (χ0) is 24.9. The van der Waals surface area contributed by atoms with Crippen molar-refractivity contribution in [2.24, 2.45) is 0 Å². The number of rotatable bonds is 9. The van der Waals surface area contributed by atoms with Gasteiger partial charge in [-0.15, -0.1) is 0 Å². The van der Waals surface area contributed by atoms with Crippen LogP contribution in [0.3, 0.4) is 0 Å². The molecule has 0 aliphatic carbocycles. The molecule has 0 saturated heterocycles. The third kappa shape index (κ3) is 5.78. The molecule has 0 aliphatic heterocycles. The maximum atomic E-state index is 13.2. The standard InChI is InChI=1S/C23H25FN6O3S/c1-15(2)29-34(32,33)19-11-5-16(6-12-19)23(31)27-13-3-4-21-20(14-25)22(26)30(28-21)18-9-7-17(24)8-10-18/h5-12,15,29H,3-4,13,26H2,1-2H3,(H,27,31). The third-order valence-electron chi connectivity index (χ3n) is 4.87. The van der Waals surface area contributed by atoms with Crippen molar-refractivity contribution in [2.75, 3.05) is 12.3 Å². The maximum Gasteiger partial charge on any atom is 0.251 e. The van der Waals surface area contributed by atoms with Gasteiger partial charge in [0.05, 0.1) is 16.3 Å². The molecule has 1 heterocycles. The summed E-state index contributed by atoms with van der Waals surface area (Å²) < 4.78 is 41.4. The molecule has 0 bridgehead atoms. The fourth-order valence-corrected chi connectivity index (χ4v) is 4.53. The van der Waals surface area contributed by atoms with E-state index in [0.717, 1.165) is 0 Å². The van der Waals surface area contributed by atoms with Crippen molar-refractivity contribution >= 4 is 21.7 Å². The lowest BCUT2D eigenvalue weighted by Crippen LogP contribution is -2.30. The fraction of sp³-hybridized carbons (Fsp3) is 0.261. The van der Waals surface area contributed by atoms with Crippen LogP contribution in [0.2, 0.25) is 0 Å². The number of hydrogen-bond donors (Lipinski definition) is 3. The summed E-state index contributed by atoms with van der Waals surface area (Å²) in [5.41, 5.74) is 7.62. The molecule has 1 aromatic heterocycles. The van der Waals surface area contributed by atoms with Crippen LogP contribution < -0.4 is 15.8 Å². The second-order valence-electron chi connectivity index (χ2n) is 7.87. The van der Waals surface area contributed by atoms with Crippen LogP contribution in [0.25, 0.3) is 5.69 Å². The SMILES string of the molecule is CC(C)NS(=O)(=O)c1ccc(C(=O)NCCCc2nn(-c3ccc(F)cc3)c(N)c2C#N)cc1. The molecule has 0 radical (unpaired) electrons. The lowest BCUT2D eigenvalue weighted by Gasteiger charge is -2.10. The summed E-state index contributed by atoms with van der Waals surface area (Å²) in [6.45, 7) is 3.75. The van der Waals surface area contributed by atoms with Gasteiger partial charge < -0.3 is 11.1 Å². The predicted octanol–water partition coefficient (Wildman–Crippen LogP) is 2.51. The van der Waals surface area contributed by atoms with E-state index < -0.39 is 15.8 Å². The van der Waals surface area contributed by atoms with Crippen molar-refractivity contribution in [3.8, 4) is 11.8 Å². The number of aryl methyl sites for hydroxylation is 1. The molecule has 1 amide bonds. The Kier molecular flexibility index (Phi) is 7.65. The van der Waals surface area contributed by atoms with Crippen molar-refractivity contribution in [3.63, 3.8) is 0 Å². The minimum atomic E-state index is -3.63. The van der Waals surface area contributed by atoms with Gasteiger partial charge in [0.15, 0.2) is 0 Å². The molecule has 0 atom stereocenters. The second-order valence-corrected chi connectivity index (χ2v) is 9.58. The number of nitrogen functional groups attached to an aromatic ring is 1. The first-order valence-electron chi connectivity index (χ1n) is 10.6. The average molecular weight is 485 g/mol. The first-order valence-corrected chi connectivity index (χ1v) is 12.0. The normalized spacial score (nSPS) is 11.4. The number of benzene rings is 2. The summed E-state index contributed by atoms with van der Waals surface area (Å²) in [7, 11) is -3.63. The Labute approximate surface area is 197 Å². The van der Waals surface area contributed by atoms with Gasteiger partial charge in [0.1, 0.15) is 23.3 Å². The van der Waals surface area contributed by atoms with Gasteiger partial charge in [-0.1, -0.05) is 0 Å². The molecule has 4 N–H and O–H groups in total. The number of amides is 1. The van der Waals surface area contributed by atoms with E-state index in [-0.39, 0.29) is 28.2 Å². The zero-order valence-electron chi connectivity index (χ0n) is 18.7. The van der Waals surface area contributed by atoms with Crippen molar-refractivity contribution in [1.82, 2.24) is 19.8 Å². The van der Waals surface area contributed by atoms with Gasteiger partial charge in [-0.2, -0.15) is 10.4 Å². The summed E-state index contributed by atoms with van der Waals surface area (Å²) >= 11 is 0. The highest BCUT2D eigenvalue weighted by Gasteiger charge is 2.18. The molecule has 3 rings (SSSR count). The molecule has 0 spiro atoms. The van der Waals surface area contributed by atoms with Crippen LogP contribution >= 0.6 is 0 Å². The lowest BCUT2D eigenvalue weighted by atomic mass is 10.1. The smallest absolute Gasteiger partial charge is 0.251 e. The number of hydrogen-bond acceptors (Lipinski definition) is 6. The average Bonchev–Trinajstić information content (AvgIpc) is 3.11. The molecular formula is C23H25FN6O3S. The van der Waals surface area contributed by atoms with Gasteiger partial charge in [0, 0.05) is 18.2 Å². The molecule has 0 aliphatic rings. The zero-order valence-corrected chi connectivity index (χ0v) is 19.6. The largest absolute Gasteiger partial charge is 0.382 e. The number of nitriles is 1. The Morgan fingerprint density at radius 2 is 1.82 bits per heavy atom. The monoisotopic (exact) mass is 484 g/mol. The van der Waals surface area contributed by atoms with E-state index in [1.54, 1.807) is 13.8 Å². The summed E-state index contributed by atoms with van der Waals surface area (Å²) in [5.74, 6) is -0.581. The molecule has 3 aromatic rings. The topological polar surface area (TPSA) is 143 Å². The Balaban J connectivity index is 1.59. The molecule has 11 heteroatoms. The summed E-state index contributed by atoms with van der Waals surface area (Å²) in [4.78, 5) is 12.5. The van der Waals surface area contributed by atoms with Crippen LogP contribution in [-0.4, -0.2) is 36.7 Å². The number of nitrogens with one attached hydrogen (secondary N) is 2. The Bertz CT molecular complexity index is 1310. The molecule has 0 saturated carbocycles. The highest BCUT2D eigenvalue weighted by Crippen LogP contribution is 2.21. The Morgan fingerprint density at radius 3 is 2.41 bits per heavy atom. The highest BCUT2D eigenvalue weighted by molar-refractivity contribution is 7.89. The van der Waals surface area contributed by atoms with Gasteiger partial charge in [0.2, 0.25) is 10.0 Å². The highest BCUT2D eigenvalue weighted by atomic mass is 32.2. The molecule has 0 unspecified atom stereocenters. The fourth-order valence-electron chi connectivity index (χ4n) is 3.28. The van der Waals surface area contributed by atoms with Crippen LogP contribution in [0, 0.1) is 17.1 Å². The van der Waals surface area contributed by atoms with Gasteiger partial charge in [-0.05, 0) is 75.2 Å². The molecule has 9 nitrogen and oxygen atoms in total. The van der Waals surface area contributed by atoms with Gasteiger partial charge in [0.25, 0.3) is 5.91 Å². The third-order valence-corrected chi connectivity index (χ3v) is 6.54. The second kappa shape index (κ2) is 10.5. The number of halogens is 1. The number of sulfonamides is 1. The predicted molar refractivity (Wildman–Crippen MR) is 125 cm³/mol. The lowest BCUT2D eigenvalue weighted by molar-refractivity contribution is 0.0953. The van der Waals surface area contributed by atoms with E-state index >= 15 is 0 Å². The van der Waals surface area contributed by atoms with Crippen molar-refractivity contribution in [2.45, 2.75) is 37.6 Å². The number of nitrogens with zero attached hydrogens (tertiary/aromatic N) is 3. The minimum absolute atomic E-state index is 0.0797. The summed E-state index contributed by atoms with van der Waals surface area (Å²) in [6.07, 6.45) is 0.880. The number of carbonyl (C=O) groups is 1. The van der Waals surface area contributed by atoms with E-state index in [2.05, 4.69) is 15.1 Å². The molecule has 0 fully saturated rings. The van der Waals surface area contributed by atoms with Crippen molar-refractivity contribution in [1.29, 1.82) is 5.26 Å². The number of nitrogens with two attached hydrogens (primary N) is 1. The van der Waals surface area contributed by atoms with Crippen molar-refractivity contribution in [3.05, 3.63) is 71.2 Å². The maximum absolute atomic E-state index is 13.2. The summed E-state index contributed by atoms with van der Waals surface area (Å²) in [6, 6.07) is 13.0. The van der Waals surface area contributed by atoms with Crippen LogP contribution in [0.1, 0.15) is 41.9 Å². The first-order chi connectivity index (χ1) is 16.1. The number of carbonyl (C=O) groups excluding carboxylic acids is 1. The van der Waals surface area contributed by atoms with E-state index in [1.807, 2.05) is 6.07 Å². The molecule has 178 valence electrons. The van der Waals surface area contributed by atoms with Crippen molar-refractivity contribution < 1.29 is 17.6 Å². The van der Waals surface area contributed by atoms with E-state index in [9.17, 15) is 22.9 Å². The van der Waals surface area contributed by atoms with Crippen LogP contribution in [0.4, 0.5) is 10.2 Å². The van der Waals surface area contributed by atoms with Gasteiger partial charge in [-0.25, -0.2) is 22.2 Å². The van der Waals surface area contributed by atoms with Crippen LogP contribution in [0.5, 0.6) is 0 Å². The number of aromatic nitrogens is 2. The first kappa shape index (κ1) is 24.9. The van der Waals surface area contributed by atoms with Crippen LogP contribution in [-0.2, 0) is 16.4 Å². The Morgan fingerprint density at radius 1 is 1.18 bits per heavy atom. The number of anilines is 1. The Hall–Kier alpha value is -3.75. The van der Waals surface area contributed by atoms with E-state index in [0.29, 0.717) is 36.3 Å². The van der Waals surface area contributed by atoms with Crippen LogP contribution in [0.15, 0.2) is 53.4 Å². The quantitative estimate of drug-likeness (QED) is 0.398. The molecule has 2 aromatic carbocycles. The van der Waals surface area contributed by atoms with E-state index in [4.69, 9.17) is 5.73 Å². The minimum Gasteiger partial charge on any atom is -0.382 e. The van der Waals surface area contributed by atoms with Gasteiger partial charge >= 0.3 is 0 Å². The molecular weight excluding hydrogens is 459 g/mol. The summed E-state index contributed by atoms with van der Waals surface area (Å²) in [5, 5.41) is 16.6. The molecule has 34 heavy (non-hydrogen) atoms.